The van der Waals surface area contributed by atoms with E-state index < -0.39 is 0 Å². The number of phenolic OH excluding ortho intramolecular Hbond substituents is 1. The highest BCUT2D eigenvalue weighted by Crippen LogP contribution is 2.22. The summed E-state index contributed by atoms with van der Waals surface area (Å²) in [6.45, 7) is 0.376. The van der Waals surface area contributed by atoms with Crippen molar-refractivity contribution in [2.45, 2.75) is 6.61 Å². The number of aromatic nitrogens is 1. The molecule has 0 unspecified atom stereocenters. The molecule has 2 aromatic rings. The number of pyridine rings is 1. The van der Waals surface area contributed by atoms with Gasteiger partial charge in [0.15, 0.2) is 0 Å². The summed E-state index contributed by atoms with van der Waals surface area (Å²) in [4.78, 5) is 3.98. The van der Waals surface area contributed by atoms with Crippen LogP contribution in [0.1, 0.15) is 11.1 Å². The predicted octanol–water partition coefficient (Wildman–Crippen LogP) is 2.17. The summed E-state index contributed by atoms with van der Waals surface area (Å²) in [5.74, 6) is 0.530. The van der Waals surface area contributed by atoms with E-state index >= 15 is 0 Å². The average molecular weight is 244 g/mol. The van der Waals surface area contributed by atoms with E-state index in [1.165, 1.54) is 6.07 Å². The van der Waals surface area contributed by atoms with Gasteiger partial charge >= 0.3 is 0 Å². The van der Waals surface area contributed by atoms with E-state index in [9.17, 15) is 5.11 Å². The molecule has 0 bridgehead atoms. The number of oxime groups is 1. The number of hydrogen-bond donors (Lipinski definition) is 2. The Morgan fingerprint density at radius 3 is 2.89 bits per heavy atom. The molecule has 1 heterocycles. The van der Waals surface area contributed by atoms with Crippen LogP contribution in [0.2, 0.25) is 0 Å². The van der Waals surface area contributed by atoms with Gasteiger partial charge in [-0.2, -0.15) is 0 Å². The zero-order valence-corrected chi connectivity index (χ0v) is 9.52. The fraction of sp³-hybridized carbons (Fsp3) is 0.0769. The summed E-state index contributed by atoms with van der Waals surface area (Å²) in [5.41, 5.74) is 1.37. The standard InChI is InChI=1S/C13H12N2O3/c16-13-6-12(4-3-11(13)8-15-17)18-9-10-2-1-5-14-7-10/h1-8,16-17H,9H2/b15-8+. The number of hydrogen-bond acceptors (Lipinski definition) is 5. The smallest absolute Gasteiger partial charge is 0.128 e. The first-order valence-corrected chi connectivity index (χ1v) is 5.32. The van der Waals surface area contributed by atoms with Gasteiger partial charge in [-0.3, -0.25) is 4.98 Å². The molecule has 0 saturated heterocycles. The van der Waals surface area contributed by atoms with Crippen LogP contribution in [-0.4, -0.2) is 21.5 Å². The maximum absolute atomic E-state index is 9.62. The van der Waals surface area contributed by atoms with E-state index in [-0.39, 0.29) is 5.75 Å². The molecule has 0 aliphatic carbocycles. The molecule has 18 heavy (non-hydrogen) atoms. The van der Waals surface area contributed by atoms with Gasteiger partial charge in [0.1, 0.15) is 18.1 Å². The Bertz CT molecular complexity index is 541. The highest BCUT2D eigenvalue weighted by atomic mass is 16.5. The second-order valence-electron chi connectivity index (χ2n) is 3.62. The highest BCUT2D eigenvalue weighted by molar-refractivity contribution is 5.83. The van der Waals surface area contributed by atoms with Crippen LogP contribution in [-0.2, 0) is 6.61 Å². The molecule has 1 aromatic heterocycles. The number of aromatic hydroxyl groups is 1. The van der Waals surface area contributed by atoms with Gasteiger partial charge in [-0.05, 0) is 18.2 Å². The Balaban J connectivity index is 2.04. The topological polar surface area (TPSA) is 74.9 Å². The second-order valence-corrected chi connectivity index (χ2v) is 3.62. The summed E-state index contributed by atoms with van der Waals surface area (Å²) in [6.07, 6.45) is 4.56. The van der Waals surface area contributed by atoms with Crippen LogP contribution in [0.3, 0.4) is 0 Å². The second kappa shape index (κ2) is 5.67. The molecule has 0 aliphatic rings. The quantitative estimate of drug-likeness (QED) is 0.491. The van der Waals surface area contributed by atoms with Crippen LogP contribution in [0.15, 0.2) is 47.9 Å². The molecule has 0 aliphatic heterocycles. The summed E-state index contributed by atoms with van der Waals surface area (Å²) < 4.78 is 5.50. The Hall–Kier alpha value is -2.56. The molecular weight excluding hydrogens is 232 g/mol. The summed E-state index contributed by atoms with van der Waals surface area (Å²) in [6, 6.07) is 8.49. The number of ether oxygens (including phenoxy) is 1. The first-order chi connectivity index (χ1) is 8.79. The molecule has 5 heteroatoms. The molecular formula is C13H12N2O3. The Morgan fingerprint density at radius 2 is 2.22 bits per heavy atom. The van der Waals surface area contributed by atoms with Crippen molar-refractivity contribution in [3.05, 3.63) is 53.9 Å². The normalized spacial score (nSPS) is 10.7. The number of rotatable bonds is 4. The first-order valence-electron chi connectivity index (χ1n) is 5.32. The monoisotopic (exact) mass is 244 g/mol. The molecule has 5 nitrogen and oxygen atoms in total. The SMILES string of the molecule is O/N=C/c1ccc(OCc2cccnc2)cc1O. The zero-order chi connectivity index (χ0) is 12.8. The van der Waals surface area contributed by atoms with Gasteiger partial charge in [0.2, 0.25) is 0 Å². The molecule has 0 radical (unpaired) electrons. The van der Waals surface area contributed by atoms with E-state index in [4.69, 9.17) is 9.94 Å². The first kappa shape index (κ1) is 11.9. The van der Waals surface area contributed by atoms with Gasteiger partial charge in [-0.15, -0.1) is 0 Å². The third kappa shape index (κ3) is 2.98. The predicted molar refractivity (Wildman–Crippen MR) is 66.1 cm³/mol. The van der Waals surface area contributed by atoms with Gasteiger partial charge in [0.25, 0.3) is 0 Å². The summed E-state index contributed by atoms with van der Waals surface area (Å²) >= 11 is 0. The fourth-order valence-corrected chi connectivity index (χ4v) is 1.43. The molecule has 92 valence electrons. The van der Waals surface area contributed by atoms with Crippen LogP contribution < -0.4 is 4.74 Å². The van der Waals surface area contributed by atoms with Crippen molar-refractivity contribution in [1.82, 2.24) is 4.98 Å². The van der Waals surface area contributed by atoms with Gasteiger partial charge in [-0.1, -0.05) is 11.2 Å². The number of phenols is 1. The van der Waals surface area contributed by atoms with Crippen LogP contribution in [0.25, 0.3) is 0 Å². The lowest BCUT2D eigenvalue weighted by Crippen LogP contribution is -1.96. The van der Waals surface area contributed by atoms with E-state index in [0.717, 1.165) is 11.8 Å². The molecule has 0 fully saturated rings. The Kier molecular flexibility index (Phi) is 3.76. The number of benzene rings is 1. The van der Waals surface area contributed by atoms with Crippen molar-refractivity contribution >= 4 is 6.21 Å². The lowest BCUT2D eigenvalue weighted by Gasteiger charge is -2.07. The van der Waals surface area contributed by atoms with E-state index in [0.29, 0.717) is 17.9 Å². The van der Waals surface area contributed by atoms with Gasteiger partial charge in [-0.25, -0.2) is 0 Å². The molecule has 0 saturated carbocycles. The Labute approximate surface area is 104 Å². The van der Waals surface area contributed by atoms with E-state index in [1.54, 1.807) is 24.5 Å². The molecule has 0 spiro atoms. The average Bonchev–Trinajstić information content (AvgIpc) is 2.41. The van der Waals surface area contributed by atoms with Crippen LogP contribution in [0.4, 0.5) is 0 Å². The van der Waals surface area contributed by atoms with E-state index in [1.807, 2.05) is 12.1 Å². The van der Waals surface area contributed by atoms with Gasteiger partial charge in [0, 0.05) is 29.6 Å². The van der Waals surface area contributed by atoms with Crippen molar-refractivity contribution in [2.75, 3.05) is 0 Å². The Morgan fingerprint density at radius 1 is 1.33 bits per heavy atom. The maximum Gasteiger partial charge on any atom is 0.128 e. The van der Waals surface area contributed by atoms with Crippen LogP contribution in [0.5, 0.6) is 11.5 Å². The van der Waals surface area contributed by atoms with Crippen molar-refractivity contribution < 1.29 is 15.1 Å². The largest absolute Gasteiger partial charge is 0.507 e. The maximum atomic E-state index is 9.62. The molecule has 2 N–H and O–H groups in total. The van der Waals surface area contributed by atoms with Crippen molar-refractivity contribution in [3.8, 4) is 11.5 Å². The van der Waals surface area contributed by atoms with E-state index in [2.05, 4.69) is 10.1 Å². The highest BCUT2D eigenvalue weighted by Gasteiger charge is 2.02. The molecule has 0 atom stereocenters. The fourth-order valence-electron chi connectivity index (χ4n) is 1.43. The third-order valence-corrected chi connectivity index (χ3v) is 2.33. The number of nitrogens with zero attached hydrogens (tertiary/aromatic N) is 2. The zero-order valence-electron chi connectivity index (χ0n) is 9.52. The molecule has 1 aromatic carbocycles. The lowest BCUT2D eigenvalue weighted by molar-refractivity contribution is 0.304. The van der Waals surface area contributed by atoms with Crippen molar-refractivity contribution in [1.29, 1.82) is 0 Å². The van der Waals surface area contributed by atoms with Crippen molar-refractivity contribution in [2.24, 2.45) is 5.16 Å². The summed E-state index contributed by atoms with van der Waals surface area (Å²) in [5, 5.41) is 20.9. The minimum atomic E-state index is -0.00325. The minimum absolute atomic E-state index is 0.00325. The summed E-state index contributed by atoms with van der Waals surface area (Å²) in [7, 11) is 0. The van der Waals surface area contributed by atoms with Crippen LogP contribution >= 0.6 is 0 Å². The van der Waals surface area contributed by atoms with Gasteiger partial charge in [0.05, 0.1) is 6.21 Å². The third-order valence-electron chi connectivity index (χ3n) is 2.33. The molecule has 2 rings (SSSR count). The molecule has 0 amide bonds. The van der Waals surface area contributed by atoms with Gasteiger partial charge < -0.3 is 15.1 Å². The minimum Gasteiger partial charge on any atom is -0.507 e. The lowest BCUT2D eigenvalue weighted by atomic mass is 10.2. The van der Waals surface area contributed by atoms with Crippen molar-refractivity contribution in [3.63, 3.8) is 0 Å². The van der Waals surface area contributed by atoms with Crippen LogP contribution in [0, 0.1) is 0 Å².